The lowest BCUT2D eigenvalue weighted by Gasteiger charge is -2.53. The van der Waals surface area contributed by atoms with Crippen LogP contribution in [0, 0.1) is 23.7 Å². The first-order valence-corrected chi connectivity index (χ1v) is 13.1. The Labute approximate surface area is 171 Å². The maximum atomic E-state index is 6.38. The third-order valence-corrected chi connectivity index (χ3v) is 10.7. The summed E-state index contributed by atoms with van der Waals surface area (Å²) in [5.74, 6) is 7.38. The van der Waals surface area contributed by atoms with Gasteiger partial charge in [-0.15, -0.1) is 0 Å². The molecule has 7 rings (SSSR count). The van der Waals surface area contributed by atoms with E-state index < -0.39 is 0 Å². The highest BCUT2D eigenvalue weighted by Gasteiger charge is 2.48. The molecule has 0 radical (unpaired) electrons. The SMILES string of the molecule is c1ccc2c([SH]3CCCC3)ccc(OCOC3C4CC5CC(C4)CC3C5)c2c1. The van der Waals surface area contributed by atoms with Crippen LogP contribution in [0.3, 0.4) is 0 Å². The van der Waals surface area contributed by atoms with Crippen LogP contribution in [-0.2, 0) is 4.74 Å². The number of benzene rings is 2. The molecule has 0 amide bonds. The van der Waals surface area contributed by atoms with E-state index in [9.17, 15) is 0 Å². The summed E-state index contributed by atoms with van der Waals surface area (Å²) < 4.78 is 12.6. The summed E-state index contributed by atoms with van der Waals surface area (Å²) >= 11 is 0. The predicted molar refractivity (Wildman–Crippen MR) is 118 cm³/mol. The van der Waals surface area contributed by atoms with Gasteiger partial charge in [0, 0.05) is 5.39 Å². The van der Waals surface area contributed by atoms with Crippen LogP contribution in [0.15, 0.2) is 41.3 Å². The van der Waals surface area contributed by atoms with E-state index >= 15 is 0 Å². The molecule has 4 saturated carbocycles. The largest absolute Gasteiger partial charge is 0.467 e. The average Bonchev–Trinajstić information content (AvgIpc) is 3.24. The summed E-state index contributed by atoms with van der Waals surface area (Å²) in [6, 6.07) is 13.4. The van der Waals surface area contributed by atoms with Gasteiger partial charge >= 0.3 is 0 Å². The minimum atomic E-state index is 0.0307. The van der Waals surface area contributed by atoms with Gasteiger partial charge in [-0.2, -0.15) is 0 Å². The highest BCUT2D eigenvalue weighted by atomic mass is 32.2. The number of thiol groups is 1. The molecule has 4 bridgehead atoms. The molecule has 2 nitrogen and oxygen atoms in total. The van der Waals surface area contributed by atoms with Crippen molar-refractivity contribution >= 4 is 21.7 Å². The number of fused-ring (bicyclic) bond motifs is 1. The molecule has 0 unspecified atom stereocenters. The van der Waals surface area contributed by atoms with Crippen molar-refractivity contribution in [3.05, 3.63) is 36.4 Å². The van der Waals surface area contributed by atoms with Crippen LogP contribution in [0.4, 0.5) is 0 Å². The summed E-state index contributed by atoms with van der Waals surface area (Å²) in [6.45, 7) is 0.408. The summed E-state index contributed by atoms with van der Waals surface area (Å²) in [5.41, 5.74) is 0. The molecule has 3 heteroatoms. The molecule has 5 fully saturated rings. The van der Waals surface area contributed by atoms with Crippen LogP contribution < -0.4 is 4.74 Å². The van der Waals surface area contributed by atoms with E-state index in [-0.39, 0.29) is 10.9 Å². The highest BCUT2D eigenvalue weighted by molar-refractivity contribution is 8.17. The lowest BCUT2D eigenvalue weighted by Crippen LogP contribution is -2.49. The number of hydrogen-bond donors (Lipinski definition) is 1. The average molecular weight is 397 g/mol. The maximum absolute atomic E-state index is 6.38. The molecule has 1 heterocycles. The fraction of sp³-hybridized carbons (Fsp3) is 0.600. The molecule has 0 spiro atoms. The maximum Gasteiger partial charge on any atom is 0.189 e. The molecule has 2 aromatic carbocycles. The van der Waals surface area contributed by atoms with E-state index in [0.29, 0.717) is 12.9 Å². The van der Waals surface area contributed by atoms with Crippen LogP contribution in [-0.4, -0.2) is 24.4 Å². The van der Waals surface area contributed by atoms with E-state index in [1.54, 1.807) is 4.90 Å². The monoisotopic (exact) mass is 396 g/mol. The molecule has 0 aromatic heterocycles. The van der Waals surface area contributed by atoms with Crippen molar-refractivity contribution in [1.29, 1.82) is 0 Å². The van der Waals surface area contributed by atoms with Gasteiger partial charge in [-0.1, -0.05) is 24.3 Å². The zero-order chi connectivity index (χ0) is 18.5. The minimum Gasteiger partial charge on any atom is -0.467 e. The first kappa shape index (κ1) is 17.7. The van der Waals surface area contributed by atoms with E-state index in [4.69, 9.17) is 9.47 Å². The minimum absolute atomic E-state index is 0.0307. The first-order valence-electron chi connectivity index (χ1n) is 11.4. The van der Waals surface area contributed by atoms with Crippen molar-refractivity contribution in [2.45, 2.75) is 55.9 Å². The van der Waals surface area contributed by atoms with Crippen molar-refractivity contribution < 1.29 is 9.47 Å². The van der Waals surface area contributed by atoms with Crippen LogP contribution >= 0.6 is 10.9 Å². The fourth-order valence-electron chi connectivity index (χ4n) is 6.94. The standard InChI is InChI=1S/C25H32O2S/c1-2-6-22-21(5-1)23(7-8-24(22)28-9-3-4-10-28)26-16-27-25-19-12-17-11-18(14-19)15-20(25)13-17/h1-2,5-8,17-20,25,28H,3-4,9-16H2. The van der Waals surface area contributed by atoms with Crippen molar-refractivity contribution in [3.63, 3.8) is 0 Å². The third-order valence-electron chi connectivity index (χ3n) is 7.92. The normalized spacial score (nSPS) is 35.0. The number of ether oxygens (including phenoxy) is 2. The molecule has 28 heavy (non-hydrogen) atoms. The van der Waals surface area contributed by atoms with Gasteiger partial charge in [-0.05, 0) is 103 Å². The second kappa shape index (κ2) is 7.25. The Morgan fingerprint density at radius 3 is 2.18 bits per heavy atom. The zero-order valence-electron chi connectivity index (χ0n) is 16.7. The molecular formula is C25H32O2S. The Hall–Kier alpha value is -1.19. The lowest BCUT2D eigenvalue weighted by molar-refractivity contribution is -0.154. The highest BCUT2D eigenvalue weighted by Crippen LogP contribution is 2.54. The summed E-state index contributed by atoms with van der Waals surface area (Å²) in [6.07, 6.45) is 10.3. The molecule has 1 aliphatic heterocycles. The topological polar surface area (TPSA) is 18.5 Å². The first-order chi connectivity index (χ1) is 13.8. The number of hydrogen-bond acceptors (Lipinski definition) is 2. The van der Waals surface area contributed by atoms with E-state index in [1.807, 2.05) is 0 Å². The second-order valence-electron chi connectivity index (χ2n) is 9.65. The van der Waals surface area contributed by atoms with Gasteiger partial charge < -0.3 is 9.47 Å². The lowest BCUT2D eigenvalue weighted by atomic mass is 9.55. The molecule has 4 aliphatic carbocycles. The molecule has 1 saturated heterocycles. The van der Waals surface area contributed by atoms with E-state index in [2.05, 4.69) is 36.4 Å². The number of rotatable bonds is 5. The molecule has 0 N–H and O–H groups in total. The van der Waals surface area contributed by atoms with Gasteiger partial charge in [0.15, 0.2) is 6.79 Å². The molecular weight excluding hydrogens is 364 g/mol. The van der Waals surface area contributed by atoms with Gasteiger partial charge in [0.1, 0.15) is 5.75 Å². The molecule has 0 atom stereocenters. The van der Waals surface area contributed by atoms with Crippen molar-refractivity contribution in [2.75, 3.05) is 18.3 Å². The van der Waals surface area contributed by atoms with Crippen molar-refractivity contribution in [1.82, 2.24) is 0 Å². The van der Waals surface area contributed by atoms with E-state index in [1.165, 1.54) is 67.2 Å². The third kappa shape index (κ3) is 3.06. The second-order valence-corrected chi connectivity index (χ2v) is 12.1. The summed E-state index contributed by atoms with van der Waals surface area (Å²) in [7, 11) is 0.0307. The molecule has 5 aliphatic rings. The van der Waals surface area contributed by atoms with Crippen LogP contribution in [0.1, 0.15) is 44.9 Å². The fourth-order valence-corrected chi connectivity index (χ4v) is 9.68. The predicted octanol–water partition coefficient (Wildman–Crippen LogP) is 6.17. The van der Waals surface area contributed by atoms with Gasteiger partial charge in [-0.25, -0.2) is 10.9 Å². The summed E-state index contributed by atoms with van der Waals surface area (Å²) in [5, 5.41) is 2.67. The Morgan fingerprint density at radius 2 is 1.46 bits per heavy atom. The van der Waals surface area contributed by atoms with Gasteiger partial charge in [0.2, 0.25) is 0 Å². The Bertz CT molecular complexity index is 829. The van der Waals surface area contributed by atoms with Crippen LogP contribution in [0.25, 0.3) is 10.8 Å². The molecule has 150 valence electrons. The van der Waals surface area contributed by atoms with Crippen LogP contribution in [0.2, 0.25) is 0 Å². The van der Waals surface area contributed by atoms with Gasteiger partial charge in [-0.3, -0.25) is 0 Å². The van der Waals surface area contributed by atoms with Crippen molar-refractivity contribution in [2.24, 2.45) is 23.7 Å². The van der Waals surface area contributed by atoms with Gasteiger partial charge in [0.25, 0.3) is 0 Å². The quantitative estimate of drug-likeness (QED) is 0.481. The smallest absolute Gasteiger partial charge is 0.189 e. The zero-order valence-corrected chi connectivity index (χ0v) is 17.6. The molecule has 2 aromatic rings. The summed E-state index contributed by atoms with van der Waals surface area (Å²) in [4.78, 5) is 1.58. The van der Waals surface area contributed by atoms with Gasteiger partial charge in [0.05, 0.1) is 6.10 Å². The Kier molecular flexibility index (Phi) is 4.57. The van der Waals surface area contributed by atoms with Crippen molar-refractivity contribution in [3.8, 4) is 5.75 Å². The Balaban J connectivity index is 1.18. The Morgan fingerprint density at radius 1 is 0.786 bits per heavy atom. The van der Waals surface area contributed by atoms with E-state index in [0.717, 1.165) is 29.4 Å². The van der Waals surface area contributed by atoms with Crippen LogP contribution in [0.5, 0.6) is 5.75 Å².